The highest BCUT2D eigenvalue weighted by Crippen LogP contribution is 2.31. The Morgan fingerprint density at radius 1 is 1.07 bits per heavy atom. The Balaban J connectivity index is 0.000000380. The van der Waals surface area contributed by atoms with Crippen LogP contribution in [0.1, 0.15) is 16.3 Å². The molecule has 0 spiro atoms. The van der Waals surface area contributed by atoms with E-state index in [0.717, 1.165) is 34.5 Å². The van der Waals surface area contributed by atoms with Crippen LogP contribution in [0.2, 0.25) is 0 Å². The Hall–Kier alpha value is -2.78. The average Bonchev–Trinajstić information content (AvgIpc) is 3.22. The summed E-state index contributed by atoms with van der Waals surface area (Å²) in [5.41, 5.74) is 3.44. The molecular weight excluding hydrogens is 386 g/mol. The van der Waals surface area contributed by atoms with Gasteiger partial charge in [-0.05, 0) is 25.8 Å². The average molecular weight is 406 g/mol. The number of rotatable bonds is 5. The fraction of sp³-hybridized carbons (Fsp3) is 0.222. The smallest absolute Gasteiger partial charge is 0.414 e. The fourth-order valence-electron chi connectivity index (χ4n) is 2.19. The number of aryl methyl sites for hydroxylation is 2. The van der Waals surface area contributed by atoms with Crippen molar-refractivity contribution in [1.29, 1.82) is 0 Å². The summed E-state index contributed by atoms with van der Waals surface area (Å²) in [6, 6.07) is 10.5. The number of aromatic nitrogens is 2. The predicted molar refractivity (Wildman–Crippen MR) is 107 cm³/mol. The molecule has 0 aliphatic carbocycles. The number of nitrogens with zero attached hydrogens (tertiary/aromatic N) is 2. The van der Waals surface area contributed by atoms with Crippen LogP contribution in [0.3, 0.4) is 0 Å². The molecule has 142 valence electrons. The third-order valence-electron chi connectivity index (χ3n) is 3.36. The predicted octanol–water partition coefficient (Wildman–Crippen LogP) is 3.69. The molecule has 1 aromatic carbocycles. The topological polar surface area (TPSA) is 112 Å². The molecule has 0 aliphatic heterocycles. The molecule has 3 aromatic rings. The van der Waals surface area contributed by atoms with Crippen molar-refractivity contribution in [3.63, 3.8) is 0 Å². The van der Waals surface area contributed by atoms with Crippen molar-refractivity contribution < 1.29 is 19.8 Å². The Morgan fingerprint density at radius 2 is 1.74 bits per heavy atom. The van der Waals surface area contributed by atoms with E-state index >= 15 is 0 Å². The molecule has 9 heteroatoms. The van der Waals surface area contributed by atoms with Crippen LogP contribution in [-0.4, -0.2) is 38.7 Å². The fourth-order valence-corrected chi connectivity index (χ4v) is 3.87. The van der Waals surface area contributed by atoms with Gasteiger partial charge in [0, 0.05) is 11.9 Å². The van der Waals surface area contributed by atoms with E-state index < -0.39 is 11.9 Å². The van der Waals surface area contributed by atoms with Gasteiger partial charge in [-0.15, -0.1) is 22.7 Å². The first-order chi connectivity index (χ1) is 12.9. The molecule has 0 atom stereocenters. The molecule has 0 bridgehead atoms. The van der Waals surface area contributed by atoms with Crippen LogP contribution >= 0.6 is 22.7 Å². The SMILES string of the molecule is Cc1nc(C)c(-c2csc(NCCc3ccccc3)n2)s1.O=C(O)C(=O)O. The number of nitrogens with one attached hydrogen (secondary N) is 1. The summed E-state index contributed by atoms with van der Waals surface area (Å²) in [5, 5.41) is 22.4. The van der Waals surface area contributed by atoms with Gasteiger partial charge >= 0.3 is 11.9 Å². The minimum Gasteiger partial charge on any atom is -0.473 e. The van der Waals surface area contributed by atoms with Gasteiger partial charge in [0.15, 0.2) is 5.13 Å². The van der Waals surface area contributed by atoms with E-state index in [4.69, 9.17) is 19.8 Å². The van der Waals surface area contributed by atoms with Gasteiger partial charge in [-0.25, -0.2) is 19.6 Å². The van der Waals surface area contributed by atoms with Crippen molar-refractivity contribution >= 4 is 39.7 Å². The lowest BCUT2D eigenvalue weighted by atomic mass is 10.1. The summed E-state index contributed by atoms with van der Waals surface area (Å²) in [6.07, 6.45) is 1.01. The van der Waals surface area contributed by atoms with Crippen molar-refractivity contribution in [1.82, 2.24) is 9.97 Å². The second-order valence-corrected chi connectivity index (χ2v) is 7.52. The Labute approximate surface area is 164 Å². The van der Waals surface area contributed by atoms with Gasteiger partial charge < -0.3 is 15.5 Å². The van der Waals surface area contributed by atoms with E-state index in [1.54, 1.807) is 22.7 Å². The molecule has 0 radical (unpaired) electrons. The van der Waals surface area contributed by atoms with Crippen molar-refractivity contribution in [2.45, 2.75) is 20.3 Å². The first-order valence-electron chi connectivity index (χ1n) is 8.00. The molecule has 0 fully saturated rings. The molecule has 0 unspecified atom stereocenters. The number of carboxylic acid groups (broad SMARTS) is 2. The second kappa shape index (κ2) is 9.79. The lowest BCUT2D eigenvalue weighted by Crippen LogP contribution is -2.09. The Kier molecular flexibility index (Phi) is 7.44. The standard InChI is InChI=1S/C16H17N3S2.C2H2O4/c1-11-15(21-12(2)18-11)14-10-20-16(19-14)17-9-8-13-6-4-3-5-7-13;3-1(4)2(5)6/h3-7,10H,8-9H2,1-2H3,(H,17,19);(H,3,4)(H,5,6). The molecule has 7 nitrogen and oxygen atoms in total. The summed E-state index contributed by atoms with van der Waals surface area (Å²) in [6.45, 7) is 4.98. The van der Waals surface area contributed by atoms with Crippen LogP contribution in [-0.2, 0) is 16.0 Å². The number of benzene rings is 1. The maximum absolute atomic E-state index is 9.10. The Bertz CT molecular complexity index is 894. The van der Waals surface area contributed by atoms with E-state index in [1.165, 1.54) is 10.4 Å². The number of thiazole rings is 2. The van der Waals surface area contributed by atoms with E-state index in [0.29, 0.717) is 0 Å². The van der Waals surface area contributed by atoms with Crippen LogP contribution < -0.4 is 5.32 Å². The highest BCUT2D eigenvalue weighted by molar-refractivity contribution is 7.16. The second-order valence-electron chi connectivity index (χ2n) is 5.46. The van der Waals surface area contributed by atoms with Crippen LogP contribution in [0.15, 0.2) is 35.7 Å². The lowest BCUT2D eigenvalue weighted by molar-refractivity contribution is -0.159. The minimum atomic E-state index is -1.82. The number of carboxylic acids is 2. The van der Waals surface area contributed by atoms with Gasteiger partial charge in [0.1, 0.15) is 0 Å². The third kappa shape index (κ3) is 6.46. The van der Waals surface area contributed by atoms with Gasteiger partial charge in [0.2, 0.25) is 0 Å². The molecule has 0 saturated heterocycles. The normalized spacial score (nSPS) is 10.0. The molecule has 0 amide bonds. The van der Waals surface area contributed by atoms with Crippen LogP contribution in [0.5, 0.6) is 0 Å². The summed E-state index contributed by atoms with van der Waals surface area (Å²) >= 11 is 3.36. The van der Waals surface area contributed by atoms with E-state index in [9.17, 15) is 0 Å². The van der Waals surface area contributed by atoms with Crippen molar-refractivity contribution in [2.75, 3.05) is 11.9 Å². The zero-order chi connectivity index (χ0) is 19.8. The van der Waals surface area contributed by atoms with E-state index in [1.807, 2.05) is 19.9 Å². The summed E-state index contributed by atoms with van der Waals surface area (Å²) in [4.78, 5) is 28.5. The number of carbonyl (C=O) groups is 2. The summed E-state index contributed by atoms with van der Waals surface area (Å²) < 4.78 is 0. The largest absolute Gasteiger partial charge is 0.473 e. The monoisotopic (exact) mass is 405 g/mol. The lowest BCUT2D eigenvalue weighted by Gasteiger charge is -2.02. The molecule has 2 aromatic heterocycles. The first-order valence-corrected chi connectivity index (χ1v) is 9.70. The maximum atomic E-state index is 9.10. The number of aliphatic carboxylic acids is 2. The van der Waals surface area contributed by atoms with Gasteiger partial charge in [-0.2, -0.15) is 0 Å². The van der Waals surface area contributed by atoms with Crippen molar-refractivity contribution in [3.05, 3.63) is 52.0 Å². The van der Waals surface area contributed by atoms with Gasteiger partial charge in [0.25, 0.3) is 0 Å². The van der Waals surface area contributed by atoms with Gasteiger partial charge in [0.05, 0.1) is 21.3 Å². The highest BCUT2D eigenvalue weighted by Gasteiger charge is 2.11. The molecule has 2 heterocycles. The highest BCUT2D eigenvalue weighted by atomic mass is 32.1. The number of hydrogen-bond acceptors (Lipinski definition) is 7. The van der Waals surface area contributed by atoms with Crippen LogP contribution in [0.25, 0.3) is 10.6 Å². The number of hydrogen-bond donors (Lipinski definition) is 3. The molecule has 0 saturated carbocycles. The van der Waals surface area contributed by atoms with Crippen LogP contribution in [0, 0.1) is 13.8 Å². The molecule has 3 N–H and O–H groups in total. The summed E-state index contributed by atoms with van der Waals surface area (Å²) in [5.74, 6) is -3.65. The van der Waals surface area contributed by atoms with Crippen molar-refractivity contribution in [2.24, 2.45) is 0 Å². The zero-order valence-corrected chi connectivity index (χ0v) is 16.4. The molecule has 27 heavy (non-hydrogen) atoms. The zero-order valence-electron chi connectivity index (χ0n) is 14.8. The number of anilines is 1. The molecular formula is C18H19N3O4S2. The van der Waals surface area contributed by atoms with E-state index in [-0.39, 0.29) is 0 Å². The quantitative estimate of drug-likeness (QED) is 0.555. The van der Waals surface area contributed by atoms with Gasteiger partial charge in [-0.1, -0.05) is 30.3 Å². The first kappa shape index (κ1) is 20.5. The van der Waals surface area contributed by atoms with Crippen LogP contribution in [0.4, 0.5) is 5.13 Å². The third-order valence-corrected chi connectivity index (χ3v) is 5.25. The molecule has 3 rings (SSSR count). The van der Waals surface area contributed by atoms with E-state index in [2.05, 4.69) is 44.9 Å². The van der Waals surface area contributed by atoms with Crippen molar-refractivity contribution in [3.8, 4) is 10.6 Å². The Morgan fingerprint density at radius 3 is 2.30 bits per heavy atom. The molecule has 0 aliphatic rings. The van der Waals surface area contributed by atoms with Gasteiger partial charge in [-0.3, -0.25) is 0 Å². The summed E-state index contributed by atoms with van der Waals surface area (Å²) in [7, 11) is 0. The maximum Gasteiger partial charge on any atom is 0.414 e. The minimum absolute atomic E-state index is 0.900.